The van der Waals surface area contributed by atoms with Gasteiger partial charge in [0.1, 0.15) is 6.04 Å². The van der Waals surface area contributed by atoms with Crippen LogP contribution in [0.5, 0.6) is 0 Å². The molecular formula is C24H28ClN7O2S. The number of thiophene rings is 1. The second kappa shape index (κ2) is 11.5. The van der Waals surface area contributed by atoms with Gasteiger partial charge in [-0.25, -0.2) is 9.97 Å². The zero-order valence-corrected chi connectivity index (χ0v) is 21.0. The molecule has 0 radical (unpaired) electrons. The summed E-state index contributed by atoms with van der Waals surface area (Å²) in [5.74, 6) is -0.167. The Morgan fingerprint density at radius 2 is 2.14 bits per heavy atom. The lowest BCUT2D eigenvalue weighted by Gasteiger charge is -2.21. The third kappa shape index (κ3) is 6.26. The molecule has 1 aliphatic carbocycles. The van der Waals surface area contributed by atoms with Crippen LogP contribution in [0.2, 0.25) is 5.02 Å². The molecule has 1 saturated carbocycles. The molecule has 0 saturated heterocycles. The number of allylic oxidation sites excluding steroid dienone is 1. The Labute approximate surface area is 212 Å². The molecule has 0 bridgehead atoms. The van der Waals surface area contributed by atoms with Crippen molar-refractivity contribution in [3.8, 4) is 0 Å². The van der Waals surface area contributed by atoms with Gasteiger partial charge in [-0.2, -0.15) is 0 Å². The van der Waals surface area contributed by atoms with Crippen molar-refractivity contribution >= 4 is 52.1 Å². The Morgan fingerprint density at radius 3 is 2.89 bits per heavy atom. The molecule has 184 valence electrons. The summed E-state index contributed by atoms with van der Waals surface area (Å²) in [4.78, 5) is 40.0. The Kier molecular flexibility index (Phi) is 8.14. The molecule has 4 N–H and O–H groups in total. The first-order valence-corrected chi connectivity index (χ1v) is 12.7. The second-order valence-electron chi connectivity index (χ2n) is 8.55. The molecule has 11 heteroatoms. The van der Waals surface area contributed by atoms with Crippen LogP contribution in [0.3, 0.4) is 0 Å². The monoisotopic (exact) mass is 513 g/mol. The third-order valence-corrected chi connectivity index (χ3v) is 7.31. The Hall–Kier alpha value is -3.24. The lowest BCUT2D eigenvalue weighted by atomic mass is 9.97. The number of fused-ring (bicyclic) bond motifs is 1. The van der Waals surface area contributed by atoms with E-state index in [9.17, 15) is 9.59 Å². The molecule has 3 aromatic heterocycles. The average molecular weight is 514 g/mol. The van der Waals surface area contributed by atoms with E-state index in [4.69, 9.17) is 17.3 Å². The number of imidazole rings is 1. The van der Waals surface area contributed by atoms with Crippen molar-refractivity contribution in [2.45, 2.75) is 44.7 Å². The predicted octanol–water partition coefficient (Wildman–Crippen LogP) is 3.49. The van der Waals surface area contributed by atoms with Crippen LogP contribution in [0.15, 0.2) is 47.6 Å². The fourth-order valence-corrected chi connectivity index (χ4v) is 5.39. The molecule has 9 nitrogen and oxygen atoms in total. The van der Waals surface area contributed by atoms with Crippen LogP contribution in [0.25, 0.3) is 11.2 Å². The summed E-state index contributed by atoms with van der Waals surface area (Å²) in [7, 11) is 1.60. The number of aromatic nitrogens is 3. The van der Waals surface area contributed by atoms with Crippen molar-refractivity contribution in [2.24, 2.45) is 16.6 Å². The molecule has 0 aromatic carbocycles. The zero-order chi connectivity index (χ0) is 24.8. The highest BCUT2D eigenvalue weighted by Gasteiger charge is 2.27. The van der Waals surface area contributed by atoms with E-state index in [0.29, 0.717) is 40.1 Å². The van der Waals surface area contributed by atoms with Gasteiger partial charge in [0.15, 0.2) is 5.65 Å². The van der Waals surface area contributed by atoms with Gasteiger partial charge in [0.2, 0.25) is 5.91 Å². The average Bonchev–Trinajstić information content (AvgIpc) is 3.60. The maximum Gasteiger partial charge on any atom is 0.262 e. The van der Waals surface area contributed by atoms with Crippen LogP contribution in [-0.4, -0.2) is 45.7 Å². The van der Waals surface area contributed by atoms with Gasteiger partial charge in [0.05, 0.1) is 34.0 Å². The van der Waals surface area contributed by atoms with Gasteiger partial charge in [-0.15, -0.1) is 11.3 Å². The highest BCUT2D eigenvalue weighted by Crippen LogP contribution is 2.29. The molecule has 1 atom stereocenters. The number of nitrogens with zero attached hydrogens (tertiary/aromatic N) is 4. The number of halogens is 1. The van der Waals surface area contributed by atoms with Crippen molar-refractivity contribution in [2.75, 3.05) is 7.05 Å². The number of rotatable bonds is 9. The number of amides is 2. The molecule has 35 heavy (non-hydrogen) atoms. The number of aliphatic imine (C=N–C) groups is 1. The molecule has 3 heterocycles. The van der Waals surface area contributed by atoms with E-state index in [2.05, 4.69) is 25.6 Å². The Bertz CT molecular complexity index is 1260. The lowest BCUT2D eigenvalue weighted by Crippen LogP contribution is -2.47. The fraction of sp³-hybridized carbons (Fsp3) is 0.375. The summed E-state index contributed by atoms with van der Waals surface area (Å²) in [5, 5.41) is 6.24. The first kappa shape index (κ1) is 24.9. The maximum atomic E-state index is 13.1. The molecular weight excluding hydrogens is 486 g/mol. The summed E-state index contributed by atoms with van der Waals surface area (Å²) < 4.78 is 1.94. The number of hydrogen-bond donors (Lipinski definition) is 3. The second-order valence-corrected chi connectivity index (χ2v) is 10.2. The number of nitrogens with one attached hydrogen (secondary N) is 2. The topological polar surface area (TPSA) is 127 Å². The van der Waals surface area contributed by atoms with Crippen LogP contribution in [-0.2, 0) is 11.3 Å². The Balaban J connectivity index is 1.46. The van der Waals surface area contributed by atoms with E-state index in [0.717, 1.165) is 36.1 Å². The number of carbonyl (C=O) groups is 2. The quantitative estimate of drug-likeness (QED) is 0.377. The molecule has 0 aliphatic heterocycles. The van der Waals surface area contributed by atoms with Crippen molar-refractivity contribution in [3.05, 3.63) is 57.4 Å². The molecule has 0 spiro atoms. The summed E-state index contributed by atoms with van der Waals surface area (Å²) in [5.41, 5.74) is 7.42. The predicted molar refractivity (Wildman–Crippen MR) is 139 cm³/mol. The van der Waals surface area contributed by atoms with Gasteiger partial charge in [-0.3, -0.25) is 14.6 Å². The molecule has 3 aromatic rings. The summed E-state index contributed by atoms with van der Waals surface area (Å²) in [6.45, 7) is 0.531. The minimum atomic E-state index is -0.665. The highest BCUT2D eigenvalue weighted by molar-refractivity contribution is 7.14. The molecule has 1 aliphatic rings. The van der Waals surface area contributed by atoms with Crippen molar-refractivity contribution in [1.82, 2.24) is 25.2 Å². The SMILES string of the molecule is CN=C/C(=C\N)NC(=O)C(CC1CCCC1)NC(=O)c1ccc(Cn2cnc3ncc(Cl)cc32)s1. The fourth-order valence-electron chi connectivity index (χ4n) is 4.32. The van der Waals surface area contributed by atoms with E-state index in [1.54, 1.807) is 25.6 Å². The standard InChI is InChI=1S/C24H28ClN7O2S/c1-27-12-17(10-26)30-23(33)19(8-15-4-2-3-5-15)31-24(34)21-7-6-18(35-21)13-32-14-29-22-20(32)9-16(25)11-28-22/h6-7,9-12,14-15,19H,2-5,8,13,26H2,1H3,(H,30,33)(H,31,34)/b17-10+,27-12?. The van der Waals surface area contributed by atoms with Crippen LogP contribution in [0.1, 0.15) is 46.7 Å². The number of nitrogens with two attached hydrogens (primary N) is 1. The van der Waals surface area contributed by atoms with Gasteiger partial charge >= 0.3 is 0 Å². The van der Waals surface area contributed by atoms with Crippen molar-refractivity contribution in [3.63, 3.8) is 0 Å². The van der Waals surface area contributed by atoms with Gasteiger partial charge in [0.25, 0.3) is 5.91 Å². The summed E-state index contributed by atoms with van der Waals surface area (Å²) >= 11 is 7.46. The first-order chi connectivity index (χ1) is 17.0. The Morgan fingerprint density at radius 1 is 1.34 bits per heavy atom. The van der Waals surface area contributed by atoms with Crippen LogP contribution in [0.4, 0.5) is 0 Å². The van der Waals surface area contributed by atoms with E-state index >= 15 is 0 Å². The normalized spacial score (nSPS) is 15.7. The largest absolute Gasteiger partial charge is 0.403 e. The maximum absolute atomic E-state index is 13.1. The van der Waals surface area contributed by atoms with Crippen LogP contribution < -0.4 is 16.4 Å². The summed E-state index contributed by atoms with van der Waals surface area (Å²) in [6.07, 6.45) is 11.1. The van der Waals surface area contributed by atoms with Gasteiger partial charge in [-0.1, -0.05) is 37.3 Å². The smallest absolute Gasteiger partial charge is 0.262 e. The minimum absolute atomic E-state index is 0.276. The molecule has 1 fully saturated rings. The van der Waals surface area contributed by atoms with Crippen LogP contribution in [0, 0.1) is 5.92 Å². The van der Waals surface area contributed by atoms with E-state index in [1.165, 1.54) is 23.8 Å². The highest BCUT2D eigenvalue weighted by atomic mass is 35.5. The first-order valence-electron chi connectivity index (χ1n) is 11.5. The number of carbonyl (C=O) groups excluding carboxylic acids is 2. The van der Waals surface area contributed by atoms with E-state index < -0.39 is 6.04 Å². The molecule has 4 rings (SSSR count). The van der Waals surface area contributed by atoms with Gasteiger partial charge < -0.3 is 20.9 Å². The third-order valence-electron chi connectivity index (χ3n) is 6.04. The van der Waals surface area contributed by atoms with Gasteiger partial charge in [-0.05, 0) is 30.5 Å². The van der Waals surface area contributed by atoms with Crippen LogP contribution >= 0.6 is 22.9 Å². The lowest BCUT2D eigenvalue weighted by molar-refractivity contribution is -0.122. The molecule has 1 unspecified atom stereocenters. The van der Waals surface area contributed by atoms with Gasteiger partial charge in [0, 0.05) is 30.5 Å². The number of hydrogen-bond acceptors (Lipinski definition) is 7. The zero-order valence-electron chi connectivity index (χ0n) is 19.4. The molecule has 2 amide bonds. The van der Waals surface area contributed by atoms with Crippen molar-refractivity contribution < 1.29 is 9.59 Å². The van der Waals surface area contributed by atoms with E-state index in [-0.39, 0.29) is 11.8 Å². The summed E-state index contributed by atoms with van der Waals surface area (Å²) in [6, 6.07) is 4.83. The minimum Gasteiger partial charge on any atom is -0.403 e. The van der Waals surface area contributed by atoms with E-state index in [1.807, 2.05) is 16.7 Å². The number of pyridine rings is 1. The van der Waals surface area contributed by atoms with Crippen molar-refractivity contribution in [1.29, 1.82) is 0 Å².